The third-order valence-electron chi connectivity index (χ3n) is 3.92. The second kappa shape index (κ2) is 3.39. The lowest BCUT2D eigenvalue weighted by Gasteiger charge is -2.42. The van der Waals surface area contributed by atoms with Gasteiger partial charge >= 0.3 is 0 Å². The summed E-state index contributed by atoms with van der Waals surface area (Å²) >= 11 is 0. The molecule has 3 aliphatic rings. The molecule has 4 atom stereocenters. The number of rotatable bonds is 1. The molecule has 0 saturated carbocycles. The van der Waals surface area contributed by atoms with Crippen molar-refractivity contribution in [1.29, 1.82) is 0 Å². The van der Waals surface area contributed by atoms with Crippen LogP contribution in [0.1, 0.15) is 13.8 Å². The van der Waals surface area contributed by atoms with Crippen LogP contribution in [0.3, 0.4) is 0 Å². The topological polar surface area (TPSA) is 44.8 Å². The van der Waals surface area contributed by atoms with Gasteiger partial charge in [-0.15, -0.1) is 0 Å². The molecule has 88 valence electrons. The number of hydrogen-bond donors (Lipinski definition) is 0. The monoisotopic (exact) mass is 224 g/mol. The highest BCUT2D eigenvalue weighted by atomic mass is 16.7. The first-order valence-electron chi connectivity index (χ1n) is 5.79. The molecular formula is C12H16O4. The van der Waals surface area contributed by atoms with E-state index in [0.717, 1.165) is 0 Å². The van der Waals surface area contributed by atoms with Crippen molar-refractivity contribution in [2.75, 3.05) is 13.2 Å². The van der Waals surface area contributed by atoms with E-state index in [4.69, 9.17) is 14.2 Å². The van der Waals surface area contributed by atoms with Crippen molar-refractivity contribution in [3.8, 4) is 0 Å². The van der Waals surface area contributed by atoms with Crippen LogP contribution >= 0.6 is 0 Å². The predicted octanol–water partition coefficient (Wildman–Crippen LogP) is 0.908. The van der Waals surface area contributed by atoms with Crippen molar-refractivity contribution in [3.05, 3.63) is 12.2 Å². The van der Waals surface area contributed by atoms with Crippen molar-refractivity contribution in [3.63, 3.8) is 0 Å². The van der Waals surface area contributed by atoms with Crippen LogP contribution < -0.4 is 0 Å². The summed E-state index contributed by atoms with van der Waals surface area (Å²) in [6.07, 6.45) is 3.38. The van der Waals surface area contributed by atoms with Crippen LogP contribution in [-0.4, -0.2) is 37.0 Å². The van der Waals surface area contributed by atoms with Crippen molar-refractivity contribution in [2.24, 2.45) is 11.8 Å². The minimum absolute atomic E-state index is 0.0664. The van der Waals surface area contributed by atoms with E-state index in [2.05, 4.69) is 0 Å². The average molecular weight is 224 g/mol. The molecule has 0 aromatic carbocycles. The van der Waals surface area contributed by atoms with Crippen LogP contribution in [0, 0.1) is 11.8 Å². The van der Waals surface area contributed by atoms with Gasteiger partial charge in [-0.1, -0.05) is 19.9 Å². The van der Waals surface area contributed by atoms with E-state index in [0.29, 0.717) is 13.2 Å². The zero-order chi connectivity index (χ0) is 11.3. The van der Waals surface area contributed by atoms with Gasteiger partial charge < -0.3 is 14.2 Å². The molecule has 0 aliphatic carbocycles. The van der Waals surface area contributed by atoms with Crippen molar-refractivity contribution < 1.29 is 19.0 Å². The molecule has 0 radical (unpaired) electrons. The Labute approximate surface area is 94.5 Å². The molecule has 0 spiro atoms. The molecule has 0 amide bonds. The predicted molar refractivity (Wildman–Crippen MR) is 55.8 cm³/mol. The first kappa shape index (κ1) is 10.4. The van der Waals surface area contributed by atoms with E-state index in [1.165, 1.54) is 0 Å². The minimum atomic E-state index is -0.690. The van der Waals surface area contributed by atoms with Gasteiger partial charge in [-0.25, -0.2) is 0 Å². The van der Waals surface area contributed by atoms with Crippen LogP contribution in [0.5, 0.6) is 0 Å². The molecule has 2 saturated heterocycles. The second-order valence-electron chi connectivity index (χ2n) is 4.78. The first-order valence-corrected chi connectivity index (χ1v) is 5.79. The quantitative estimate of drug-likeness (QED) is 0.621. The summed E-state index contributed by atoms with van der Waals surface area (Å²) in [5.41, 5.74) is -0.690. The maximum atomic E-state index is 12.1. The van der Waals surface area contributed by atoms with Gasteiger partial charge in [0.15, 0.2) is 6.29 Å². The number of carbonyl (C=O) groups excluding carboxylic acids is 1. The van der Waals surface area contributed by atoms with Crippen molar-refractivity contribution in [1.82, 2.24) is 0 Å². The highest BCUT2D eigenvalue weighted by Gasteiger charge is 2.58. The highest BCUT2D eigenvalue weighted by Crippen LogP contribution is 2.45. The summed E-state index contributed by atoms with van der Waals surface area (Å²) in [6, 6.07) is 0. The van der Waals surface area contributed by atoms with Gasteiger partial charge in [-0.3, -0.25) is 4.79 Å². The summed E-state index contributed by atoms with van der Waals surface area (Å²) in [4.78, 5) is 12.1. The van der Waals surface area contributed by atoms with Gasteiger partial charge in [0.2, 0.25) is 0 Å². The normalized spacial score (nSPS) is 47.9. The van der Waals surface area contributed by atoms with Crippen molar-refractivity contribution in [2.45, 2.75) is 31.8 Å². The lowest BCUT2D eigenvalue weighted by Crippen LogP contribution is -2.56. The molecule has 0 aromatic heterocycles. The summed E-state index contributed by atoms with van der Waals surface area (Å²) in [6.45, 7) is 4.96. The Morgan fingerprint density at radius 2 is 2.00 bits per heavy atom. The first-order chi connectivity index (χ1) is 7.65. The Hall–Kier alpha value is -0.710. The van der Waals surface area contributed by atoms with E-state index < -0.39 is 11.9 Å². The second-order valence-corrected chi connectivity index (χ2v) is 4.78. The Balaban J connectivity index is 1.95. The summed E-state index contributed by atoms with van der Waals surface area (Å²) in [7, 11) is 0. The van der Waals surface area contributed by atoms with Crippen LogP contribution in [0.25, 0.3) is 0 Å². The molecule has 4 heteroatoms. The van der Waals surface area contributed by atoms with Gasteiger partial charge in [0.25, 0.3) is 0 Å². The van der Waals surface area contributed by atoms with E-state index in [9.17, 15) is 4.79 Å². The van der Waals surface area contributed by atoms with Gasteiger partial charge in [0, 0.05) is 5.92 Å². The van der Waals surface area contributed by atoms with Gasteiger partial charge in [-0.2, -0.15) is 0 Å². The molecule has 0 unspecified atom stereocenters. The zero-order valence-corrected chi connectivity index (χ0v) is 9.51. The molecule has 4 nitrogen and oxygen atoms in total. The number of ether oxygens (including phenoxy) is 3. The fraction of sp³-hybridized carbons (Fsp3) is 0.750. The SMILES string of the molecule is C[C@@H]1C(=O)[C@H](C)[C@@H]2C=C[C@@]1(C1OCCO1)O2. The standard InChI is InChI=1S/C12H16O4/c1-7-9-3-4-12(16-9,8(2)10(7)13)11-14-5-6-15-11/h3-4,7-9,11H,5-6H2,1-2H3/t7-,8-,9+,12-/m1/s1. The fourth-order valence-electron chi connectivity index (χ4n) is 2.81. The summed E-state index contributed by atoms with van der Waals surface area (Å²) in [5.74, 6) is -0.0378. The summed E-state index contributed by atoms with van der Waals surface area (Å²) in [5, 5.41) is 0. The van der Waals surface area contributed by atoms with E-state index in [-0.39, 0.29) is 23.7 Å². The smallest absolute Gasteiger partial charge is 0.191 e. The molecule has 3 aliphatic heterocycles. The van der Waals surface area contributed by atoms with Crippen LogP contribution in [0.2, 0.25) is 0 Å². The average Bonchev–Trinajstić information content (AvgIpc) is 2.92. The number of Topliss-reactive ketones (excluding diaryl/α,β-unsaturated/α-hetero) is 1. The number of hydrogen-bond acceptors (Lipinski definition) is 4. The third kappa shape index (κ3) is 1.18. The van der Waals surface area contributed by atoms with Crippen LogP contribution in [0.15, 0.2) is 12.2 Å². The Bertz CT molecular complexity index is 345. The van der Waals surface area contributed by atoms with Crippen LogP contribution in [0.4, 0.5) is 0 Å². The summed E-state index contributed by atoms with van der Waals surface area (Å²) < 4.78 is 17.0. The highest BCUT2D eigenvalue weighted by molar-refractivity contribution is 5.86. The van der Waals surface area contributed by atoms with Crippen molar-refractivity contribution >= 4 is 5.78 Å². The lowest BCUT2D eigenvalue weighted by molar-refractivity contribution is -0.225. The molecule has 3 heterocycles. The van der Waals surface area contributed by atoms with Gasteiger partial charge in [0.05, 0.1) is 25.2 Å². The van der Waals surface area contributed by atoms with Gasteiger partial charge in [0.1, 0.15) is 11.4 Å². The zero-order valence-electron chi connectivity index (χ0n) is 9.51. The molecule has 2 fully saturated rings. The molecule has 0 N–H and O–H groups in total. The third-order valence-corrected chi connectivity index (χ3v) is 3.92. The Morgan fingerprint density at radius 1 is 1.31 bits per heavy atom. The van der Waals surface area contributed by atoms with E-state index >= 15 is 0 Å². The minimum Gasteiger partial charge on any atom is -0.357 e. The lowest BCUT2D eigenvalue weighted by atomic mass is 9.79. The molecule has 16 heavy (non-hydrogen) atoms. The maximum absolute atomic E-state index is 12.1. The van der Waals surface area contributed by atoms with Gasteiger partial charge in [-0.05, 0) is 6.08 Å². The molecule has 3 rings (SSSR count). The number of fused-ring (bicyclic) bond motifs is 2. The Kier molecular flexibility index (Phi) is 2.21. The largest absolute Gasteiger partial charge is 0.357 e. The number of carbonyl (C=O) groups is 1. The van der Waals surface area contributed by atoms with Crippen LogP contribution in [-0.2, 0) is 19.0 Å². The molecule has 2 bridgehead atoms. The molecular weight excluding hydrogens is 208 g/mol. The molecule has 0 aromatic rings. The Morgan fingerprint density at radius 3 is 2.69 bits per heavy atom. The van der Waals surface area contributed by atoms with E-state index in [1.54, 1.807) is 0 Å². The fourth-order valence-corrected chi connectivity index (χ4v) is 2.81. The maximum Gasteiger partial charge on any atom is 0.191 e. The number of ketones is 1. The van der Waals surface area contributed by atoms with E-state index in [1.807, 2.05) is 26.0 Å².